The van der Waals surface area contributed by atoms with E-state index in [-0.39, 0.29) is 17.9 Å². The van der Waals surface area contributed by atoms with E-state index in [1.54, 1.807) is 24.3 Å². The molecule has 4 N–H and O–H groups in total. The fourth-order valence-corrected chi connectivity index (χ4v) is 4.24. The maximum atomic E-state index is 13.7. The Bertz CT molecular complexity index is 1260. The van der Waals surface area contributed by atoms with Crippen LogP contribution in [0, 0.1) is 17.5 Å². The lowest BCUT2D eigenvalue weighted by atomic mass is 9.90. The molecule has 1 aliphatic rings. The zero-order chi connectivity index (χ0) is 26.9. The molecule has 2 heterocycles. The van der Waals surface area contributed by atoms with Crippen LogP contribution in [0.25, 0.3) is 11.3 Å². The largest absolute Gasteiger partial charge is 0.479 e. The topological polar surface area (TPSA) is 147 Å². The summed E-state index contributed by atoms with van der Waals surface area (Å²) in [5.74, 6) is -6.09. The number of aromatic nitrogens is 3. The van der Waals surface area contributed by atoms with Gasteiger partial charge in [0.2, 0.25) is 0 Å². The highest BCUT2D eigenvalue weighted by molar-refractivity contribution is 6.31. The van der Waals surface area contributed by atoms with Crippen LogP contribution in [0.3, 0.4) is 0 Å². The molecule has 37 heavy (non-hydrogen) atoms. The summed E-state index contributed by atoms with van der Waals surface area (Å²) in [5.41, 5.74) is 0.154. The number of carbonyl (C=O) groups is 1. The van der Waals surface area contributed by atoms with Gasteiger partial charge in [-0.3, -0.25) is 0 Å². The van der Waals surface area contributed by atoms with E-state index in [0.29, 0.717) is 22.7 Å². The van der Waals surface area contributed by atoms with Gasteiger partial charge in [0, 0.05) is 10.6 Å². The van der Waals surface area contributed by atoms with Gasteiger partial charge in [-0.25, -0.2) is 22.6 Å². The first-order valence-electron chi connectivity index (χ1n) is 10.9. The fraction of sp³-hybridized carbons (Fsp3) is 0.348. The molecular formula is C23H21ClF3N3O7. The molecule has 0 radical (unpaired) electrons. The monoisotopic (exact) mass is 543 g/mol. The third-order valence-corrected chi connectivity index (χ3v) is 6.31. The lowest BCUT2D eigenvalue weighted by Crippen LogP contribution is -2.60. The highest BCUT2D eigenvalue weighted by Gasteiger charge is 2.50. The van der Waals surface area contributed by atoms with E-state index in [4.69, 9.17) is 21.1 Å². The summed E-state index contributed by atoms with van der Waals surface area (Å²) in [4.78, 5) is 12.0. The summed E-state index contributed by atoms with van der Waals surface area (Å²) in [6, 6.07) is 6.49. The first kappa shape index (κ1) is 27.0. The number of benzene rings is 2. The number of aliphatic carboxylic acids is 1. The van der Waals surface area contributed by atoms with Crippen molar-refractivity contribution in [3.05, 3.63) is 70.6 Å². The molecule has 3 unspecified atom stereocenters. The Balaban J connectivity index is 1.63. The molecule has 0 spiro atoms. The first-order valence-corrected chi connectivity index (χ1v) is 11.3. The molecule has 2 aromatic carbocycles. The van der Waals surface area contributed by atoms with Gasteiger partial charge in [0.05, 0.1) is 19.4 Å². The Hall–Kier alpha value is -3.07. The van der Waals surface area contributed by atoms with Crippen molar-refractivity contribution < 1.29 is 47.9 Å². The number of rotatable bonds is 8. The Morgan fingerprint density at radius 2 is 1.84 bits per heavy atom. The summed E-state index contributed by atoms with van der Waals surface area (Å²) in [7, 11) is 0. The predicted molar refractivity (Wildman–Crippen MR) is 120 cm³/mol. The lowest BCUT2D eigenvalue weighted by Gasteiger charge is -2.43. The van der Waals surface area contributed by atoms with Gasteiger partial charge >= 0.3 is 5.97 Å². The van der Waals surface area contributed by atoms with Gasteiger partial charge < -0.3 is 29.9 Å². The highest BCUT2D eigenvalue weighted by atomic mass is 35.5. The molecule has 1 aliphatic heterocycles. The third-order valence-electron chi connectivity index (χ3n) is 5.94. The van der Waals surface area contributed by atoms with E-state index < -0.39 is 66.6 Å². The van der Waals surface area contributed by atoms with Gasteiger partial charge in [0.1, 0.15) is 36.2 Å². The Labute approximate surface area is 212 Å². The molecule has 0 amide bonds. The van der Waals surface area contributed by atoms with E-state index in [1.165, 1.54) is 0 Å². The van der Waals surface area contributed by atoms with Crippen LogP contribution >= 0.6 is 11.6 Å². The molecule has 1 fully saturated rings. The zero-order valence-electron chi connectivity index (χ0n) is 18.8. The van der Waals surface area contributed by atoms with Crippen LogP contribution in [0.5, 0.6) is 0 Å². The van der Waals surface area contributed by atoms with Crippen LogP contribution in [0.2, 0.25) is 5.02 Å². The SMILES string of the molecule is O=C(O)[C@@H](OCc1ccccc1Cl)[C@@H]1OC(CO)[C@H](O)C(n2cc(-c3cc(F)c(F)c(F)c3)nn2)C1O. The van der Waals surface area contributed by atoms with Gasteiger partial charge in [0.25, 0.3) is 0 Å². The Morgan fingerprint density at radius 3 is 2.46 bits per heavy atom. The second-order valence-electron chi connectivity index (χ2n) is 8.29. The van der Waals surface area contributed by atoms with Crippen LogP contribution in [0.15, 0.2) is 42.6 Å². The van der Waals surface area contributed by atoms with E-state index in [9.17, 15) is 38.4 Å². The van der Waals surface area contributed by atoms with Crippen molar-refractivity contribution in [2.75, 3.05) is 6.61 Å². The second kappa shape index (κ2) is 11.1. The van der Waals surface area contributed by atoms with Crippen molar-refractivity contribution >= 4 is 17.6 Å². The van der Waals surface area contributed by atoms with E-state index in [0.717, 1.165) is 10.9 Å². The second-order valence-corrected chi connectivity index (χ2v) is 8.70. The van der Waals surface area contributed by atoms with Gasteiger partial charge in [0.15, 0.2) is 23.6 Å². The molecule has 0 bridgehead atoms. The number of aliphatic hydroxyl groups is 3. The Kier molecular flexibility index (Phi) is 8.11. The molecule has 10 nitrogen and oxygen atoms in total. The van der Waals surface area contributed by atoms with Crippen LogP contribution < -0.4 is 0 Å². The maximum absolute atomic E-state index is 13.7. The zero-order valence-corrected chi connectivity index (χ0v) is 19.5. The number of carboxylic acids is 1. The standard InChI is InChI=1S/C23H21ClF3N3O7/c24-12-4-2-1-3-10(12)9-36-22(23(34)35)21-20(33)18(19(32)16(8-31)37-21)30-7-15(28-29-30)11-5-13(25)17(27)14(26)6-11/h1-7,16,18-22,31-33H,8-9H2,(H,34,35)/t16?,18?,19-,20?,21+,22-/m0/s1. The van der Waals surface area contributed by atoms with Gasteiger partial charge in [-0.2, -0.15) is 0 Å². The molecule has 198 valence electrons. The highest BCUT2D eigenvalue weighted by Crippen LogP contribution is 2.33. The summed E-state index contributed by atoms with van der Waals surface area (Å²) in [6.45, 7) is -1.01. The predicted octanol–water partition coefficient (Wildman–Crippen LogP) is 1.71. The molecular weight excluding hydrogens is 523 g/mol. The molecule has 4 rings (SSSR count). The van der Waals surface area contributed by atoms with Crippen molar-refractivity contribution in [1.82, 2.24) is 15.0 Å². The summed E-state index contributed by atoms with van der Waals surface area (Å²) >= 11 is 6.09. The smallest absolute Gasteiger partial charge is 0.335 e. The number of ether oxygens (including phenoxy) is 2. The molecule has 1 saturated heterocycles. The van der Waals surface area contributed by atoms with E-state index >= 15 is 0 Å². The van der Waals surface area contributed by atoms with Crippen LogP contribution in [-0.4, -0.2) is 78.5 Å². The van der Waals surface area contributed by atoms with Crippen molar-refractivity contribution in [3.8, 4) is 11.3 Å². The third kappa shape index (κ3) is 5.46. The van der Waals surface area contributed by atoms with Gasteiger partial charge in [-0.1, -0.05) is 35.0 Å². The minimum atomic E-state index is -1.77. The molecule has 0 saturated carbocycles. The summed E-state index contributed by atoms with van der Waals surface area (Å²) in [5, 5.41) is 49.1. The minimum absolute atomic E-state index is 0.134. The molecule has 3 aromatic rings. The van der Waals surface area contributed by atoms with Crippen molar-refractivity contribution in [1.29, 1.82) is 0 Å². The number of halogens is 4. The van der Waals surface area contributed by atoms with Crippen LogP contribution in [-0.2, 0) is 20.9 Å². The molecule has 6 atom stereocenters. The van der Waals surface area contributed by atoms with E-state index in [1.807, 2.05) is 0 Å². The summed E-state index contributed by atoms with van der Waals surface area (Å²) in [6.07, 6.45) is -6.98. The Morgan fingerprint density at radius 1 is 1.16 bits per heavy atom. The average molecular weight is 544 g/mol. The maximum Gasteiger partial charge on any atom is 0.335 e. The average Bonchev–Trinajstić information content (AvgIpc) is 3.34. The van der Waals surface area contributed by atoms with Crippen molar-refractivity contribution in [3.63, 3.8) is 0 Å². The molecule has 1 aromatic heterocycles. The number of hydrogen-bond acceptors (Lipinski definition) is 8. The fourth-order valence-electron chi connectivity index (χ4n) is 4.05. The number of aliphatic hydroxyl groups excluding tert-OH is 3. The normalized spacial score (nSPS) is 24.7. The van der Waals surface area contributed by atoms with E-state index in [2.05, 4.69) is 10.3 Å². The minimum Gasteiger partial charge on any atom is -0.479 e. The number of carboxylic acid groups (broad SMARTS) is 1. The number of nitrogens with zero attached hydrogens (tertiary/aromatic N) is 3. The number of hydrogen-bond donors (Lipinski definition) is 4. The summed E-state index contributed by atoms with van der Waals surface area (Å²) < 4.78 is 52.6. The molecule has 0 aliphatic carbocycles. The quantitative estimate of drug-likeness (QED) is 0.312. The lowest BCUT2D eigenvalue weighted by molar-refractivity contribution is -0.238. The van der Waals surface area contributed by atoms with Crippen LogP contribution in [0.4, 0.5) is 13.2 Å². The van der Waals surface area contributed by atoms with Gasteiger partial charge in [-0.15, -0.1) is 5.10 Å². The van der Waals surface area contributed by atoms with Gasteiger partial charge in [-0.05, 0) is 23.8 Å². The van der Waals surface area contributed by atoms with Crippen LogP contribution in [0.1, 0.15) is 11.6 Å². The molecule has 14 heteroatoms. The van der Waals surface area contributed by atoms with Crippen molar-refractivity contribution in [2.24, 2.45) is 0 Å². The van der Waals surface area contributed by atoms with Crippen molar-refractivity contribution in [2.45, 2.75) is 43.2 Å². The first-order chi connectivity index (χ1) is 17.6.